The highest BCUT2D eigenvalue weighted by Gasteiger charge is 2.35. The monoisotopic (exact) mass is 250 g/mol. The summed E-state index contributed by atoms with van der Waals surface area (Å²) in [4.78, 5) is 2.59. The van der Waals surface area contributed by atoms with Gasteiger partial charge in [0.25, 0.3) is 0 Å². The van der Waals surface area contributed by atoms with Gasteiger partial charge in [-0.2, -0.15) is 0 Å². The van der Waals surface area contributed by atoms with Crippen molar-refractivity contribution in [3.63, 3.8) is 0 Å². The van der Waals surface area contributed by atoms with Crippen LogP contribution in [0.2, 0.25) is 0 Å². The second kappa shape index (κ2) is 5.89. The minimum atomic E-state index is 0.430. The summed E-state index contributed by atoms with van der Waals surface area (Å²) in [7, 11) is 2.04. The molecule has 0 aromatic carbocycles. The third-order valence-electron chi connectivity index (χ3n) is 3.98. The van der Waals surface area contributed by atoms with Crippen molar-refractivity contribution in [1.82, 2.24) is 10.2 Å². The number of rotatable bonds is 4. The van der Waals surface area contributed by atoms with E-state index in [-0.39, 0.29) is 0 Å². The van der Waals surface area contributed by atoms with Crippen molar-refractivity contribution in [2.75, 3.05) is 20.1 Å². The Hall–Kier alpha value is -0.800. The van der Waals surface area contributed by atoms with Crippen molar-refractivity contribution < 1.29 is 4.42 Å². The molecule has 1 aliphatic rings. The first kappa shape index (κ1) is 13.6. The van der Waals surface area contributed by atoms with Crippen molar-refractivity contribution in [2.45, 2.75) is 45.7 Å². The molecule has 3 heteroatoms. The molecule has 1 fully saturated rings. The maximum Gasteiger partial charge on any atom is 0.121 e. The van der Waals surface area contributed by atoms with Gasteiger partial charge in [0, 0.05) is 6.04 Å². The number of piperidine rings is 1. The summed E-state index contributed by atoms with van der Waals surface area (Å²) >= 11 is 0. The fourth-order valence-corrected chi connectivity index (χ4v) is 3.17. The van der Waals surface area contributed by atoms with Crippen molar-refractivity contribution in [2.24, 2.45) is 5.92 Å². The Morgan fingerprint density at radius 1 is 1.44 bits per heavy atom. The molecule has 1 N–H and O–H groups in total. The van der Waals surface area contributed by atoms with Crippen LogP contribution in [0.4, 0.5) is 0 Å². The summed E-state index contributed by atoms with van der Waals surface area (Å²) in [5, 5.41) is 3.34. The van der Waals surface area contributed by atoms with Crippen LogP contribution in [0.3, 0.4) is 0 Å². The predicted octanol–water partition coefficient (Wildman–Crippen LogP) is 2.97. The van der Waals surface area contributed by atoms with Gasteiger partial charge >= 0.3 is 0 Å². The zero-order valence-corrected chi connectivity index (χ0v) is 12.1. The highest BCUT2D eigenvalue weighted by molar-refractivity contribution is 5.12. The molecule has 18 heavy (non-hydrogen) atoms. The van der Waals surface area contributed by atoms with E-state index in [9.17, 15) is 0 Å². The van der Waals surface area contributed by atoms with Crippen molar-refractivity contribution in [3.05, 3.63) is 23.7 Å². The molecule has 0 aliphatic carbocycles. The van der Waals surface area contributed by atoms with Crippen molar-refractivity contribution >= 4 is 0 Å². The maximum atomic E-state index is 5.91. The molecule has 1 aliphatic heterocycles. The minimum Gasteiger partial charge on any atom is -0.465 e. The van der Waals surface area contributed by atoms with E-state index in [0.29, 0.717) is 18.0 Å². The van der Waals surface area contributed by atoms with E-state index in [4.69, 9.17) is 4.42 Å². The van der Waals surface area contributed by atoms with Crippen molar-refractivity contribution in [1.29, 1.82) is 0 Å². The Labute approximate surface area is 111 Å². The molecule has 0 saturated carbocycles. The van der Waals surface area contributed by atoms with Crippen LogP contribution in [-0.2, 0) is 0 Å². The van der Waals surface area contributed by atoms with Gasteiger partial charge in [-0.3, -0.25) is 4.90 Å². The van der Waals surface area contributed by atoms with Crippen molar-refractivity contribution in [3.8, 4) is 0 Å². The third kappa shape index (κ3) is 2.78. The van der Waals surface area contributed by atoms with E-state index in [0.717, 1.165) is 18.1 Å². The zero-order valence-electron chi connectivity index (χ0n) is 12.1. The molecule has 1 aromatic rings. The molecule has 2 atom stereocenters. The van der Waals surface area contributed by atoms with Crippen LogP contribution in [0.15, 0.2) is 16.5 Å². The predicted molar refractivity (Wildman–Crippen MR) is 74.7 cm³/mol. The Balaban J connectivity index is 2.26. The lowest BCUT2D eigenvalue weighted by molar-refractivity contribution is 0.0491. The molecule has 0 bridgehead atoms. The van der Waals surface area contributed by atoms with Gasteiger partial charge in [0.2, 0.25) is 0 Å². The number of hydrogen-bond acceptors (Lipinski definition) is 3. The van der Waals surface area contributed by atoms with E-state index in [1.807, 2.05) is 14.0 Å². The summed E-state index contributed by atoms with van der Waals surface area (Å²) in [5.74, 6) is 2.81. The van der Waals surface area contributed by atoms with Crippen LogP contribution in [0, 0.1) is 12.8 Å². The van der Waals surface area contributed by atoms with E-state index < -0.39 is 0 Å². The van der Waals surface area contributed by atoms with Crippen LogP contribution in [-0.4, -0.2) is 31.1 Å². The highest BCUT2D eigenvalue weighted by atomic mass is 16.3. The molecule has 2 unspecified atom stereocenters. The standard InChI is InChI=1S/C15H26N2O/c1-11(2)17-9-5-6-13(10-16-4)15(17)14-8-7-12(3)18-14/h7-8,11,13,15-16H,5-6,9-10H2,1-4H3. The van der Waals surface area contributed by atoms with Crippen LogP contribution in [0.1, 0.15) is 44.3 Å². The highest BCUT2D eigenvalue weighted by Crippen LogP contribution is 2.37. The average Bonchev–Trinajstić information content (AvgIpc) is 2.75. The number of furan rings is 1. The van der Waals surface area contributed by atoms with Gasteiger partial charge in [0.1, 0.15) is 11.5 Å². The Kier molecular flexibility index (Phi) is 4.46. The Morgan fingerprint density at radius 2 is 2.22 bits per heavy atom. The SMILES string of the molecule is CNCC1CCCN(C(C)C)C1c1ccc(C)o1. The molecule has 3 nitrogen and oxygen atoms in total. The second-order valence-electron chi connectivity index (χ2n) is 5.68. The van der Waals surface area contributed by atoms with Crippen LogP contribution in [0.5, 0.6) is 0 Å². The number of nitrogens with one attached hydrogen (secondary N) is 1. The molecule has 2 rings (SSSR count). The molecule has 0 radical (unpaired) electrons. The van der Waals surface area contributed by atoms with Gasteiger partial charge in [-0.1, -0.05) is 0 Å². The van der Waals surface area contributed by atoms with Crippen LogP contribution < -0.4 is 5.32 Å². The van der Waals surface area contributed by atoms with Crippen LogP contribution in [0.25, 0.3) is 0 Å². The molecule has 2 heterocycles. The lowest BCUT2D eigenvalue weighted by Gasteiger charge is -2.42. The number of aryl methyl sites for hydroxylation is 1. The van der Waals surface area contributed by atoms with Gasteiger partial charge in [-0.15, -0.1) is 0 Å². The topological polar surface area (TPSA) is 28.4 Å². The van der Waals surface area contributed by atoms with E-state index in [1.54, 1.807) is 0 Å². The molecule has 1 saturated heterocycles. The Morgan fingerprint density at radius 3 is 2.78 bits per heavy atom. The third-order valence-corrected chi connectivity index (χ3v) is 3.98. The fraction of sp³-hybridized carbons (Fsp3) is 0.733. The summed E-state index contributed by atoms with van der Waals surface area (Å²) in [5.41, 5.74) is 0. The Bertz CT molecular complexity index is 370. The van der Waals surface area contributed by atoms with Gasteiger partial charge < -0.3 is 9.73 Å². The molecular formula is C15H26N2O. The lowest BCUT2D eigenvalue weighted by Crippen LogP contribution is -2.45. The summed E-state index contributed by atoms with van der Waals surface area (Å²) < 4.78 is 5.91. The largest absolute Gasteiger partial charge is 0.465 e. The molecule has 0 amide bonds. The number of likely N-dealkylation sites (tertiary alicyclic amines) is 1. The first-order valence-corrected chi connectivity index (χ1v) is 7.10. The number of nitrogens with zero attached hydrogens (tertiary/aromatic N) is 1. The average molecular weight is 250 g/mol. The zero-order chi connectivity index (χ0) is 13.1. The van der Waals surface area contributed by atoms with Gasteiger partial charge in [0.15, 0.2) is 0 Å². The number of hydrogen-bond donors (Lipinski definition) is 1. The van der Waals surface area contributed by atoms with Gasteiger partial charge in [0.05, 0.1) is 6.04 Å². The second-order valence-corrected chi connectivity index (χ2v) is 5.68. The minimum absolute atomic E-state index is 0.430. The quantitative estimate of drug-likeness (QED) is 0.890. The molecule has 102 valence electrons. The normalized spacial score (nSPS) is 25.8. The first-order valence-electron chi connectivity index (χ1n) is 7.10. The van der Waals surface area contributed by atoms with E-state index >= 15 is 0 Å². The molecular weight excluding hydrogens is 224 g/mol. The fourth-order valence-electron chi connectivity index (χ4n) is 3.17. The lowest BCUT2D eigenvalue weighted by atomic mass is 9.86. The maximum absolute atomic E-state index is 5.91. The first-order chi connectivity index (χ1) is 8.63. The van der Waals surface area contributed by atoms with Gasteiger partial charge in [-0.05, 0) is 71.8 Å². The molecule has 0 spiro atoms. The van der Waals surface area contributed by atoms with E-state index in [2.05, 4.69) is 36.2 Å². The summed E-state index contributed by atoms with van der Waals surface area (Å²) in [6, 6.07) is 5.24. The smallest absolute Gasteiger partial charge is 0.121 e. The van der Waals surface area contributed by atoms with E-state index in [1.165, 1.54) is 19.4 Å². The molecule has 1 aromatic heterocycles. The summed E-state index contributed by atoms with van der Waals surface area (Å²) in [6.45, 7) is 8.84. The van der Waals surface area contributed by atoms with Crippen LogP contribution >= 0.6 is 0 Å². The van der Waals surface area contributed by atoms with Gasteiger partial charge in [-0.25, -0.2) is 0 Å². The summed E-state index contributed by atoms with van der Waals surface area (Å²) in [6.07, 6.45) is 2.58.